The molecular formula is C14H9F3N2O. The van der Waals surface area contributed by atoms with Gasteiger partial charge in [-0.15, -0.1) is 0 Å². The highest BCUT2D eigenvalue weighted by Crippen LogP contribution is 2.36. The third kappa shape index (κ3) is 2.88. The van der Waals surface area contributed by atoms with Gasteiger partial charge in [0.15, 0.2) is 0 Å². The molecule has 0 N–H and O–H groups in total. The number of rotatable bonds is 2. The van der Waals surface area contributed by atoms with Crippen LogP contribution in [-0.2, 0) is 6.18 Å². The zero-order valence-corrected chi connectivity index (χ0v) is 10.4. The van der Waals surface area contributed by atoms with E-state index in [4.69, 9.17) is 10.00 Å². The third-order valence-corrected chi connectivity index (χ3v) is 2.49. The number of nitrogens with zero attached hydrogens (tertiary/aromatic N) is 2. The summed E-state index contributed by atoms with van der Waals surface area (Å²) in [6, 6.07) is 10.6. The first-order valence-corrected chi connectivity index (χ1v) is 5.63. The van der Waals surface area contributed by atoms with E-state index in [9.17, 15) is 13.2 Å². The fourth-order valence-electron chi connectivity index (χ4n) is 1.65. The lowest BCUT2D eigenvalue weighted by atomic mass is 10.1. The van der Waals surface area contributed by atoms with Crippen LogP contribution < -0.4 is 4.74 Å². The van der Waals surface area contributed by atoms with E-state index < -0.39 is 17.3 Å². The van der Waals surface area contributed by atoms with Gasteiger partial charge >= 0.3 is 6.18 Å². The van der Waals surface area contributed by atoms with Crippen molar-refractivity contribution in [2.24, 2.45) is 0 Å². The summed E-state index contributed by atoms with van der Waals surface area (Å²) < 4.78 is 44.0. The first-order valence-electron chi connectivity index (χ1n) is 5.63. The number of nitriles is 1. The molecule has 102 valence electrons. The molecule has 0 aliphatic heterocycles. The van der Waals surface area contributed by atoms with Crippen LogP contribution in [0.4, 0.5) is 13.2 Å². The average Bonchev–Trinajstić information content (AvgIpc) is 2.38. The summed E-state index contributed by atoms with van der Waals surface area (Å²) >= 11 is 0. The molecular weight excluding hydrogens is 269 g/mol. The SMILES string of the molecule is Cc1cc(C(F)(F)F)c(C#N)c(Oc2ccccc2)n1. The highest BCUT2D eigenvalue weighted by Gasteiger charge is 2.36. The molecule has 0 unspecified atom stereocenters. The van der Waals surface area contributed by atoms with Gasteiger partial charge in [-0.2, -0.15) is 18.4 Å². The van der Waals surface area contributed by atoms with Crippen LogP contribution in [0.2, 0.25) is 0 Å². The predicted molar refractivity (Wildman–Crippen MR) is 65.2 cm³/mol. The largest absolute Gasteiger partial charge is 0.438 e. The van der Waals surface area contributed by atoms with Crippen molar-refractivity contribution in [2.75, 3.05) is 0 Å². The number of pyridine rings is 1. The van der Waals surface area contributed by atoms with Gasteiger partial charge in [-0.1, -0.05) is 18.2 Å². The van der Waals surface area contributed by atoms with E-state index in [1.807, 2.05) is 0 Å². The Morgan fingerprint density at radius 1 is 1.20 bits per heavy atom. The summed E-state index contributed by atoms with van der Waals surface area (Å²) in [7, 11) is 0. The Bertz CT molecular complexity index is 661. The van der Waals surface area contributed by atoms with Crippen molar-refractivity contribution in [1.29, 1.82) is 5.26 Å². The molecule has 0 saturated carbocycles. The van der Waals surface area contributed by atoms with E-state index in [-0.39, 0.29) is 11.6 Å². The zero-order valence-electron chi connectivity index (χ0n) is 10.4. The molecule has 3 nitrogen and oxygen atoms in total. The maximum atomic E-state index is 12.9. The van der Waals surface area contributed by atoms with Crippen molar-refractivity contribution in [3.05, 3.63) is 53.2 Å². The topological polar surface area (TPSA) is 45.9 Å². The minimum absolute atomic E-state index is 0.127. The van der Waals surface area contributed by atoms with Gasteiger partial charge in [-0.25, -0.2) is 4.98 Å². The van der Waals surface area contributed by atoms with E-state index in [1.54, 1.807) is 30.3 Å². The second-order valence-electron chi connectivity index (χ2n) is 4.02. The van der Waals surface area contributed by atoms with Crippen molar-refractivity contribution in [3.8, 4) is 17.7 Å². The van der Waals surface area contributed by atoms with Gasteiger partial charge < -0.3 is 4.74 Å². The van der Waals surface area contributed by atoms with Crippen LogP contribution in [0.1, 0.15) is 16.8 Å². The number of benzene rings is 1. The molecule has 0 fully saturated rings. The summed E-state index contributed by atoms with van der Waals surface area (Å²) in [4.78, 5) is 3.87. The van der Waals surface area contributed by atoms with Gasteiger partial charge in [0, 0.05) is 5.69 Å². The van der Waals surface area contributed by atoms with E-state index in [0.29, 0.717) is 5.75 Å². The molecule has 1 aromatic heterocycles. The van der Waals surface area contributed by atoms with Gasteiger partial charge in [0.1, 0.15) is 17.4 Å². The molecule has 6 heteroatoms. The van der Waals surface area contributed by atoms with E-state index in [0.717, 1.165) is 6.07 Å². The fourth-order valence-corrected chi connectivity index (χ4v) is 1.65. The summed E-state index contributed by atoms with van der Waals surface area (Å²) in [6.07, 6.45) is -4.63. The molecule has 20 heavy (non-hydrogen) atoms. The van der Waals surface area contributed by atoms with Crippen LogP contribution in [0.3, 0.4) is 0 Å². The summed E-state index contributed by atoms with van der Waals surface area (Å²) in [5.41, 5.74) is -1.53. The molecule has 0 spiro atoms. The number of para-hydroxylation sites is 1. The summed E-state index contributed by atoms with van der Waals surface area (Å²) in [5.74, 6) is -0.0266. The number of aromatic nitrogens is 1. The van der Waals surface area contributed by atoms with Crippen LogP contribution in [0, 0.1) is 18.3 Å². The van der Waals surface area contributed by atoms with E-state index in [2.05, 4.69) is 4.98 Å². The minimum Gasteiger partial charge on any atom is -0.438 e. The van der Waals surface area contributed by atoms with Crippen molar-refractivity contribution >= 4 is 0 Å². The van der Waals surface area contributed by atoms with Gasteiger partial charge in [-0.3, -0.25) is 0 Å². The lowest BCUT2D eigenvalue weighted by molar-refractivity contribution is -0.138. The highest BCUT2D eigenvalue weighted by molar-refractivity contribution is 5.48. The number of halogens is 3. The maximum absolute atomic E-state index is 12.9. The molecule has 0 aliphatic carbocycles. The van der Waals surface area contributed by atoms with Crippen LogP contribution in [-0.4, -0.2) is 4.98 Å². The lowest BCUT2D eigenvalue weighted by Crippen LogP contribution is -2.10. The van der Waals surface area contributed by atoms with Crippen molar-refractivity contribution in [3.63, 3.8) is 0 Å². The Kier molecular flexibility index (Phi) is 3.61. The molecule has 0 atom stereocenters. The van der Waals surface area contributed by atoms with Crippen LogP contribution in [0.15, 0.2) is 36.4 Å². The second kappa shape index (κ2) is 5.21. The molecule has 0 radical (unpaired) electrons. The van der Waals surface area contributed by atoms with Gasteiger partial charge in [0.05, 0.1) is 5.56 Å². The maximum Gasteiger partial charge on any atom is 0.417 e. The monoisotopic (exact) mass is 278 g/mol. The zero-order chi connectivity index (χ0) is 14.8. The van der Waals surface area contributed by atoms with Crippen molar-refractivity contribution < 1.29 is 17.9 Å². The number of alkyl halides is 3. The molecule has 2 rings (SSSR count). The number of ether oxygens (including phenoxy) is 1. The van der Waals surface area contributed by atoms with Gasteiger partial charge in [0.2, 0.25) is 5.88 Å². The summed E-state index contributed by atoms with van der Waals surface area (Å²) in [5, 5.41) is 8.96. The molecule has 0 amide bonds. The third-order valence-electron chi connectivity index (χ3n) is 2.49. The molecule has 0 bridgehead atoms. The smallest absolute Gasteiger partial charge is 0.417 e. The molecule has 2 aromatic rings. The first-order chi connectivity index (χ1) is 9.41. The average molecular weight is 278 g/mol. The highest BCUT2D eigenvalue weighted by atomic mass is 19.4. The Balaban J connectivity index is 2.54. The van der Waals surface area contributed by atoms with Crippen LogP contribution in [0.5, 0.6) is 11.6 Å². The minimum atomic E-state index is -4.63. The fraction of sp³-hybridized carbons (Fsp3) is 0.143. The second-order valence-corrected chi connectivity index (χ2v) is 4.02. The number of hydrogen-bond acceptors (Lipinski definition) is 3. The van der Waals surface area contributed by atoms with E-state index >= 15 is 0 Å². The Morgan fingerprint density at radius 2 is 1.85 bits per heavy atom. The van der Waals surface area contributed by atoms with Gasteiger partial charge in [0.25, 0.3) is 0 Å². The Labute approximate surface area is 113 Å². The first kappa shape index (κ1) is 13.9. The normalized spacial score (nSPS) is 10.9. The van der Waals surface area contributed by atoms with Crippen molar-refractivity contribution in [2.45, 2.75) is 13.1 Å². The Hall–Kier alpha value is -2.55. The number of hydrogen-bond donors (Lipinski definition) is 0. The van der Waals surface area contributed by atoms with Crippen molar-refractivity contribution in [1.82, 2.24) is 4.98 Å². The molecule has 1 aromatic carbocycles. The van der Waals surface area contributed by atoms with E-state index in [1.165, 1.54) is 13.0 Å². The lowest BCUT2D eigenvalue weighted by Gasteiger charge is -2.13. The molecule has 0 saturated heterocycles. The molecule has 1 heterocycles. The number of aryl methyl sites for hydroxylation is 1. The standard InChI is InChI=1S/C14H9F3N2O/c1-9-7-12(14(15,16)17)11(8-18)13(19-9)20-10-5-3-2-4-6-10/h2-7H,1H3. The predicted octanol–water partition coefficient (Wildman–Crippen LogP) is 4.07. The quantitative estimate of drug-likeness (QED) is 0.831. The van der Waals surface area contributed by atoms with Crippen LogP contribution >= 0.6 is 0 Å². The Morgan fingerprint density at radius 3 is 2.40 bits per heavy atom. The summed E-state index contributed by atoms with van der Waals surface area (Å²) in [6.45, 7) is 1.41. The van der Waals surface area contributed by atoms with Gasteiger partial charge in [-0.05, 0) is 25.1 Å². The van der Waals surface area contributed by atoms with Crippen LogP contribution in [0.25, 0.3) is 0 Å². The molecule has 0 aliphatic rings.